The molecule has 1 heterocycles. The lowest BCUT2D eigenvalue weighted by atomic mass is 10.2. The van der Waals surface area contributed by atoms with E-state index in [0.29, 0.717) is 10.0 Å². The SMILES string of the molecule is O=C(COc1cccnc1[N+](=O)[O-])NNC(=O)c1ccccc1Br. The molecule has 0 saturated heterocycles. The molecule has 24 heavy (non-hydrogen) atoms. The fraction of sp³-hybridized carbons (Fsp3) is 0.0714. The van der Waals surface area contributed by atoms with Crippen molar-refractivity contribution in [3.05, 3.63) is 62.7 Å². The Kier molecular flexibility index (Phi) is 5.79. The number of hydrogen-bond donors (Lipinski definition) is 2. The molecule has 2 rings (SSSR count). The molecular weight excluding hydrogens is 384 g/mol. The number of aromatic nitrogens is 1. The Morgan fingerprint density at radius 2 is 1.96 bits per heavy atom. The number of pyridine rings is 1. The van der Waals surface area contributed by atoms with Gasteiger partial charge in [0.1, 0.15) is 6.20 Å². The third-order valence-electron chi connectivity index (χ3n) is 2.72. The first-order valence-corrected chi connectivity index (χ1v) is 7.34. The zero-order chi connectivity index (χ0) is 17.5. The van der Waals surface area contributed by atoms with Crippen LogP contribution >= 0.6 is 15.9 Å². The lowest BCUT2D eigenvalue weighted by molar-refractivity contribution is -0.390. The molecule has 0 bridgehead atoms. The van der Waals surface area contributed by atoms with Crippen LogP contribution in [0.1, 0.15) is 10.4 Å². The van der Waals surface area contributed by atoms with Crippen molar-refractivity contribution in [1.29, 1.82) is 0 Å². The number of ether oxygens (including phenoxy) is 1. The lowest BCUT2D eigenvalue weighted by Crippen LogP contribution is -2.43. The minimum atomic E-state index is -0.720. The Balaban J connectivity index is 1.87. The van der Waals surface area contributed by atoms with Crippen LogP contribution in [0.4, 0.5) is 5.82 Å². The van der Waals surface area contributed by atoms with Crippen LogP contribution in [0.3, 0.4) is 0 Å². The smallest absolute Gasteiger partial charge is 0.406 e. The van der Waals surface area contributed by atoms with E-state index in [1.807, 2.05) is 0 Å². The molecule has 0 spiro atoms. The summed E-state index contributed by atoms with van der Waals surface area (Å²) >= 11 is 3.22. The molecule has 2 amide bonds. The Hall–Kier alpha value is -3.01. The second-order valence-electron chi connectivity index (χ2n) is 4.35. The molecule has 0 unspecified atom stereocenters. The average Bonchev–Trinajstić information content (AvgIpc) is 2.58. The molecule has 2 N–H and O–H groups in total. The molecule has 1 aromatic heterocycles. The first-order valence-electron chi connectivity index (χ1n) is 6.55. The maximum Gasteiger partial charge on any atom is 0.406 e. The molecule has 10 heteroatoms. The van der Waals surface area contributed by atoms with Gasteiger partial charge in [-0.05, 0) is 50.1 Å². The van der Waals surface area contributed by atoms with Gasteiger partial charge in [0.15, 0.2) is 6.61 Å². The highest BCUT2D eigenvalue weighted by Gasteiger charge is 2.17. The Morgan fingerprint density at radius 1 is 1.21 bits per heavy atom. The highest BCUT2D eigenvalue weighted by Crippen LogP contribution is 2.22. The van der Waals surface area contributed by atoms with Crippen LogP contribution in [0.5, 0.6) is 5.75 Å². The van der Waals surface area contributed by atoms with Crippen LogP contribution in [0, 0.1) is 10.1 Å². The number of nitro groups is 1. The zero-order valence-corrected chi connectivity index (χ0v) is 13.6. The summed E-state index contributed by atoms with van der Waals surface area (Å²) in [5, 5.41) is 10.8. The lowest BCUT2D eigenvalue weighted by Gasteiger charge is -2.09. The van der Waals surface area contributed by atoms with Gasteiger partial charge in [0.05, 0.1) is 5.56 Å². The molecule has 0 radical (unpaired) electrons. The predicted molar refractivity (Wildman–Crippen MR) is 86.1 cm³/mol. The third kappa shape index (κ3) is 4.49. The van der Waals surface area contributed by atoms with Crippen molar-refractivity contribution in [1.82, 2.24) is 15.8 Å². The quantitative estimate of drug-likeness (QED) is 0.586. The number of halogens is 1. The molecule has 0 aliphatic carbocycles. The summed E-state index contributed by atoms with van der Waals surface area (Å²) in [7, 11) is 0. The molecule has 9 nitrogen and oxygen atoms in total. The van der Waals surface area contributed by atoms with E-state index in [9.17, 15) is 19.7 Å². The summed E-state index contributed by atoms with van der Waals surface area (Å²) in [6, 6.07) is 9.43. The average molecular weight is 395 g/mol. The first-order chi connectivity index (χ1) is 11.5. The second kappa shape index (κ2) is 8.02. The maximum atomic E-state index is 11.9. The number of carbonyl (C=O) groups is 2. The van der Waals surface area contributed by atoms with E-state index in [1.54, 1.807) is 24.3 Å². The van der Waals surface area contributed by atoms with Crippen LogP contribution in [0.25, 0.3) is 0 Å². The molecule has 1 aromatic carbocycles. The van der Waals surface area contributed by atoms with Crippen LogP contribution in [-0.2, 0) is 4.79 Å². The van der Waals surface area contributed by atoms with Gasteiger partial charge in [-0.2, -0.15) is 0 Å². The van der Waals surface area contributed by atoms with Crippen molar-refractivity contribution in [2.75, 3.05) is 6.61 Å². The minimum absolute atomic E-state index is 0.144. The zero-order valence-electron chi connectivity index (χ0n) is 12.1. The van der Waals surface area contributed by atoms with Crippen LogP contribution in [0.2, 0.25) is 0 Å². The van der Waals surface area contributed by atoms with Gasteiger partial charge in [-0.15, -0.1) is 0 Å². The van der Waals surface area contributed by atoms with Crippen molar-refractivity contribution < 1.29 is 19.2 Å². The summed E-state index contributed by atoms with van der Waals surface area (Å²) in [5.74, 6) is -1.85. The molecule has 2 aromatic rings. The van der Waals surface area contributed by atoms with E-state index in [4.69, 9.17) is 4.74 Å². The van der Waals surface area contributed by atoms with Gasteiger partial charge in [0.2, 0.25) is 5.75 Å². The fourth-order valence-corrected chi connectivity index (χ4v) is 2.12. The predicted octanol–water partition coefficient (Wildman–Crippen LogP) is 1.59. The molecule has 0 aliphatic heterocycles. The fourth-order valence-electron chi connectivity index (χ4n) is 1.65. The van der Waals surface area contributed by atoms with Gasteiger partial charge in [0.25, 0.3) is 11.8 Å². The first kappa shape index (κ1) is 17.3. The van der Waals surface area contributed by atoms with E-state index in [2.05, 4.69) is 31.8 Å². The van der Waals surface area contributed by atoms with Crippen molar-refractivity contribution >= 4 is 33.6 Å². The van der Waals surface area contributed by atoms with Crippen LogP contribution in [-0.4, -0.2) is 28.3 Å². The number of hydrogen-bond acceptors (Lipinski definition) is 6. The summed E-state index contributed by atoms with van der Waals surface area (Å²) in [6.45, 7) is -0.525. The van der Waals surface area contributed by atoms with Gasteiger partial charge in [-0.1, -0.05) is 12.1 Å². The van der Waals surface area contributed by atoms with E-state index >= 15 is 0 Å². The standard InChI is InChI=1S/C14H11BrN4O5/c15-10-5-2-1-4-9(10)14(21)18-17-12(20)8-24-11-6-3-7-16-13(11)19(22)23/h1-7H,8H2,(H,17,20)(H,18,21). The molecule has 0 saturated carbocycles. The van der Waals surface area contributed by atoms with Gasteiger partial charge >= 0.3 is 5.82 Å². The Labute approximate surface area is 144 Å². The van der Waals surface area contributed by atoms with E-state index in [-0.39, 0.29) is 5.75 Å². The molecule has 124 valence electrons. The van der Waals surface area contributed by atoms with E-state index in [1.165, 1.54) is 18.3 Å². The van der Waals surface area contributed by atoms with Crippen LogP contribution < -0.4 is 15.6 Å². The normalized spacial score (nSPS) is 9.88. The molecule has 0 fully saturated rings. The summed E-state index contributed by atoms with van der Waals surface area (Å²) < 4.78 is 5.61. The number of rotatable bonds is 5. The summed E-state index contributed by atoms with van der Waals surface area (Å²) in [4.78, 5) is 37.2. The monoisotopic (exact) mass is 394 g/mol. The summed E-state index contributed by atoms with van der Waals surface area (Å²) in [5.41, 5.74) is 4.70. The van der Waals surface area contributed by atoms with Gasteiger partial charge in [0, 0.05) is 4.47 Å². The number of nitrogens with one attached hydrogen (secondary N) is 2. The minimum Gasteiger partial charge on any atom is -0.476 e. The van der Waals surface area contributed by atoms with Crippen molar-refractivity contribution in [3.8, 4) is 5.75 Å². The number of benzene rings is 1. The molecular formula is C14H11BrN4O5. The Bertz CT molecular complexity index is 783. The second-order valence-corrected chi connectivity index (χ2v) is 5.21. The maximum absolute atomic E-state index is 11.9. The van der Waals surface area contributed by atoms with Gasteiger partial charge in [-0.3, -0.25) is 20.4 Å². The number of nitrogens with zero attached hydrogens (tertiary/aromatic N) is 2. The summed E-state index contributed by atoms with van der Waals surface area (Å²) in [6.07, 6.45) is 1.24. The van der Waals surface area contributed by atoms with E-state index in [0.717, 1.165) is 0 Å². The third-order valence-corrected chi connectivity index (χ3v) is 3.41. The molecule has 0 aliphatic rings. The van der Waals surface area contributed by atoms with Gasteiger partial charge < -0.3 is 14.9 Å². The Morgan fingerprint density at radius 3 is 2.67 bits per heavy atom. The number of amides is 2. The van der Waals surface area contributed by atoms with Crippen LogP contribution in [0.15, 0.2) is 47.1 Å². The van der Waals surface area contributed by atoms with Gasteiger partial charge in [-0.25, -0.2) is 0 Å². The largest absolute Gasteiger partial charge is 0.476 e. The van der Waals surface area contributed by atoms with Crippen molar-refractivity contribution in [2.45, 2.75) is 0 Å². The molecule has 0 atom stereocenters. The topological polar surface area (TPSA) is 123 Å². The number of carbonyl (C=O) groups excluding carboxylic acids is 2. The number of hydrazine groups is 1. The van der Waals surface area contributed by atoms with Crippen molar-refractivity contribution in [2.24, 2.45) is 0 Å². The van der Waals surface area contributed by atoms with Crippen molar-refractivity contribution in [3.63, 3.8) is 0 Å². The highest BCUT2D eigenvalue weighted by molar-refractivity contribution is 9.10. The van der Waals surface area contributed by atoms with E-state index < -0.39 is 29.2 Å². The highest BCUT2D eigenvalue weighted by atomic mass is 79.9.